The number of benzene rings is 2. The molecule has 8 heteroatoms. The summed E-state index contributed by atoms with van der Waals surface area (Å²) in [5, 5.41) is 21.8. The minimum absolute atomic E-state index is 0.0520. The number of carbonyl (C=O) groups is 1. The van der Waals surface area contributed by atoms with Gasteiger partial charge in [-0.25, -0.2) is 4.39 Å². The second-order valence-corrected chi connectivity index (χ2v) is 8.20. The summed E-state index contributed by atoms with van der Waals surface area (Å²) in [5.41, 5.74) is 2.10. The van der Waals surface area contributed by atoms with Gasteiger partial charge in [0.2, 0.25) is 0 Å². The molecule has 4 rings (SSSR count). The van der Waals surface area contributed by atoms with Crippen LogP contribution in [0.5, 0.6) is 0 Å². The fraction of sp³-hybridized carbons (Fsp3) is 0.409. The predicted octanol–water partition coefficient (Wildman–Crippen LogP) is 2.59. The number of nitrogens with one attached hydrogen (secondary N) is 1. The molecular formula is C22H26FN5O2. The van der Waals surface area contributed by atoms with Crippen LogP contribution < -0.4 is 0 Å². The number of hydrogen-bond acceptors (Lipinski definition) is 5. The molecule has 3 aromatic rings. The number of likely N-dealkylation sites (N-methyl/N-ethyl adjacent to an activating group) is 1. The SMILES string of the molecule is CN(Cc1ccc(F)cc1)C[C@]1(O)CCCN(C(=O)c2ccc3n[nH]nc3c2)CC1. The quantitative estimate of drug-likeness (QED) is 0.674. The Kier molecular flexibility index (Phi) is 5.78. The highest BCUT2D eigenvalue weighted by atomic mass is 19.1. The van der Waals surface area contributed by atoms with Crippen LogP contribution in [0, 0.1) is 5.82 Å². The molecule has 30 heavy (non-hydrogen) atoms. The number of aromatic nitrogens is 3. The lowest BCUT2D eigenvalue weighted by atomic mass is 9.94. The Morgan fingerprint density at radius 1 is 1.17 bits per heavy atom. The summed E-state index contributed by atoms with van der Waals surface area (Å²) >= 11 is 0. The molecule has 7 nitrogen and oxygen atoms in total. The van der Waals surface area contributed by atoms with E-state index in [9.17, 15) is 14.3 Å². The smallest absolute Gasteiger partial charge is 0.253 e. The second kappa shape index (κ2) is 8.49. The maximum absolute atomic E-state index is 13.1. The maximum atomic E-state index is 13.1. The molecule has 1 amide bonds. The van der Waals surface area contributed by atoms with Crippen LogP contribution >= 0.6 is 0 Å². The van der Waals surface area contributed by atoms with E-state index in [0.717, 1.165) is 17.5 Å². The lowest BCUT2D eigenvalue weighted by Crippen LogP contribution is -2.42. The first-order chi connectivity index (χ1) is 14.4. The van der Waals surface area contributed by atoms with E-state index in [0.29, 0.717) is 50.1 Å². The van der Waals surface area contributed by atoms with Gasteiger partial charge in [0.05, 0.1) is 5.60 Å². The molecule has 0 unspecified atom stereocenters. The van der Waals surface area contributed by atoms with Crippen LogP contribution in [0.15, 0.2) is 42.5 Å². The van der Waals surface area contributed by atoms with Crippen molar-refractivity contribution in [3.8, 4) is 0 Å². The molecule has 0 radical (unpaired) electrons. The number of rotatable bonds is 5. The molecule has 0 bridgehead atoms. The van der Waals surface area contributed by atoms with Crippen molar-refractivity contribution in [1.29, 1.82) is 0 Å². The van der Waals surface area contributed by atoms with Gasteiger partial charge in [0.15, 0.2) is 0 Å². The third kappa shape index (κ3) is 4.66. The van der Waals surface area contributed by atoms with Crippen molar-refractivity contribution in [2.75, 3.05) is 26.7 Å². The molecule has 1 aliphatic rings. The van der Waals surface area contributed by atoms with Gasteiger partial charge in [-0.15, -0.1) is 0 Å². The maximum Gasteiger partial charge on any atom is 0.253 e. The molecule has 158 valence electrons. The minimum Gasteiger partial charge on any atom is -0.388 e. The Morgan fingerprint density at radius 2 is 1.93 bits per heavy atom. The molecule has 2 aromatic carbocycles. The van der Waals surface area contributed by atoms with Gasteiger partial charge in [-0.1, -0.05) is 12.1 Å². The standard InChI is InChI=1S/C22H26FN5O2/c1-27(14-16-3-6-18(23)7-4-16)15-22(30)9-2-11-28(12-10-22)21(29)17-5-8-19-20(13-17)25-26-24-19/h3-8,13,30H,2,9-12,14-15H2,1H3,(H,24,25,26)/t22-/m0/s1. The number of likely N-dealkylation sites (tertiary alicyclic amines) is 1. The Hall–Kier alpha value is -2.84. The molecule has 0 saturated carbocycles. The zero-order valence-corrected chi connectivity index (χ0v) is 17.0. The summed E-state index contributed by atoms with van der Waals surface area (Å²) in [6, 6.07) is 11.7. The number of H-pyrrole nitrogens is 1. The molecule has 1 aliphatic heterocycles. The number of fused-ring (bicyclic) bond motifs is 1. The number of nitrogens with zero attached hydrogens (tertiary/aromatic N) is 4. The first-order valence-electron chi connectivity index (χ1n) is 10.2. The summed E-state index contributed by atoms with van der Waals surface area (Å²) in [7, 11) is 1.95. The topological polar surface area (TPSA) is 85.4 Å². The highest BCUT2D eigenvalue weighted by molar-refractivity contribution is 5.97. The number of halogens is 1. The van der Waals surface area contributed by atoms with Crippen LogP contribution in [0.25, 0.3) is 11.0 Å². The monoisotopic (exact) mass is 411 g/mol. The van der Waals surface area contributed by atoms with E-state index < -0.39 is 5.60 Å². The number of amides is 1. The molecule has 1 fully saturated rings. The van der Waals surface area contributed by atoms with Crippen LogP contribution in [-0.4, -0.2) is 68.5 Å². The normalized spacial score (nSPS) is 19.9. The summed E-state index contributed by atoms with van der Waals surface area (Å²) in [4.78, 5) is 16.8. The molecule has 0 spiro atoms. The molecule has 2 heterocycles. The van der Waals surface area contributed by atoms with Gasteiger partial charge in [-0.05, 0) is 62.2 Å². The van der Waals surface area contributed by atoms with Crippen LogP contribution in [0.3, 0.4) is 0 Å². The lowest BCUT2D eigenvalue weighted by molar-refractivity contribution is -0.00401. The van der Waals surface area contributed by atoms with Gasteiger partial charge >= 0.3 is 0 Å². The summed E-state index contributed by atoms with van der Waals surface area (Å²) in [5.74, 6) is -0.305. The van der Waals surface area contributed by atoms with Crippen LogP contribution in [0.4, 0.5) is 4.39 Å². The largest absolute Gasteiger partial charge is 0.388 e. The number of hydrogen-bond donors (Lipinski definition) is 2. The van der Waals surface area contributed by atoms with Gasteiger partial charge in [0.1, 0.15) is 16.9 Å². The molecule has 1 aromatic heterocycles. The minimum atomic E-state index is -0.861. The average Bonchev–Trinajstić information content (AvgIpc) is 3.11. The van der Waals surface area contributed by atoms with Gasteiger partial charge in [0, 0.05) is 31.7 Å². The molecule has 1 saturated heterocycles. The summed E-state index contributed by atoms with van der Waals surface area (Å²) < 4.78 is 13.1. The van der Waals surface area contributed by atoms with Crippen molar-refractivity contribution >= 4 is 16.9 Å². The molecule has 2 N–H and O–H groups in total. The Labute approximate surface area is 174 Å². The number of aromatic amines is 1. The zero-order valence-electron chi connectivity index (χ0n) is 17.0. The zero-order chi connectivity index (χ0) is 21.1. The number of carbonyl (C=O) groups excluding carboxylic acids is 1. The highest BCUT2D eigenvalue weighted by Gasteiger charge is 2.33. The average molecular weight is 411 g/mol. The van der Waals surface area contributed by atoms with Crippen LogP contribution in [-0.2, 0) is 6.54 Å². The summed E-state index contributed by atoms with van der Waals surface area (Å²) in [6.45, 7) is 2.23. The fourth-order valence-electron chi connectivity index (χ4n) is 4.16. The predicted molar refractivity (Wildman–Crippen MR) is 111 cm³/mol. The Bertz CT molecular complexity index is 1020. The van der Waals surface area contributed by atoms with E-state index in [4.69, 9.17) is 0 Å². The third-order valence-electron chi connectivity index (χ3n) is 5.70. The van der Waals surface area contributed by atoms with Crippen molar-refractivity contribution in [3.63, 3.8) is 0 Å². The van der Waals surface area contributed by atoms with Crippen LogP contribution in [0.2, 0.25) is 0 Å². The number of aliphatic hydroxyl groups is 1. The van der Waals surface area contributed by atoms with E-state index in [-0.39, 0.29) is 11.7 Å². The van der Waals surface area contributed by atoms with Gasteiger partial charge in [0.25, 0.3) is 5.91 Å². The molecule has 0 aliphatic carbocycles. The van der Waals surface area contributed by atoms with Crippen molar-refractivity contribution in [2.45, 2.75) is 31.4 Å². The van der Waals surface area contributed by atoms with Crippen molar-refractivity contribution in [3.05, 3.63) is 59.4 Å². The van der Waals surface area contributed by atoms with E-state index in [1.165, 1.54) is 12.1 Å². The molecular weight excluding hydrogens is 385 g/mol. The molecule has 1 atom stereocenters. The summed E-state index contributed by atoms with van der Waals surface area (Å²) in [6.07, 6.45) is 1.88. The first kappa shape index (κ1) is 20.4. The van der Waals surface area contributed by atoms with Crippen molar-refractivity contribution < 1.29 is 14.3 Å². The third-order valence-corrected chi connectivity index (χ3v) is 5.70. The van der Waals surface area contributed by atoms with E-state index in [1.54, 1.807) is 35.2 Å². The van der Waals surface area contributed by atoms with Gasteiger partial charge in [-0.3, -0.25) is 9.69 Å². The van der Waals surface area contributed by atoms with E-state index in [2.05, 4.69) is 15.4 Å². The van der Waals surface area contributed by atoms with E-state index >= 15 is 0 Å². The van der Waals surface area contributed by atoms with Gasteiger partial charge in [-0.2, -0.15) is 15.4 Å². The highest BCUT2D eigenvalue weighted by Crippen LogP contribution is 2.25. The van der Waals surface area contributed by atoms with Crippen LogP contribution in [0.1, 0.15) is 35.2 Å². The fourth-order valence-corrected chi connectivity index (χ4v) is 4.16. The Balaban J connectivity index is 1.37. The van der Waals surface area contributed by atoms with E-state index in [1.807, 2.05) is 11.9 Å². The van der Waals surface area contributed by atoms with Crippen molar-refractivity contribution in [1.82, 2.24) is 25.2 Å². The first-order valence-corrected chi connectivity index (χ1v) is 10.2. The Morgan fingerprint density at radius 3 is 2.73 bits per heavy atom. The van der Waals surface area contributed by atoms with Gasteiger partial charge < -0.3 is 10.0 Å². The second-order valence-electron chi connectivity index (χ2n) is 8.20. The van der Waals surface area contributed by atoms with Crippen molar-refractivity contribution in [2.24, 2.45) is 0 Å². The lowest BCUT2D eigenvalue weighted by Gasteiger charge is -2.31.